The van der Waals surface area contributed by atoms with Gasteiger partial charge >= 0.3 is 0 Å². The van der Waals surface area contributed by atoms with Crippen molar-refractivity contribution in [2.45, 2.75) is 52.0 Å². The predicted octanol–water partition coefficient (Wildman–Crippen LogP) is 3.39. The molecule has 31 heavy (non-hydrogen) atoms. The van der Waals surface area contributed by atoms with Gasteiger partial charge in [0.2, 0.25) is 11.9 Å². The Balaban J connectivity index is 1.39. The SMILES string of the molecule is Cc1ccc(CCNC(=O)CC2CCCCN2c2cc(C)nc(-n3ccnc3)n2)cc1. The zero-order chi connectivity index (χ0) is 21.6. The normalized spacial score (nSPS) is 16.3. The van der Waals surface area contributed by atoms with Gasteiger partial charge in [-0.1, -0.05) is 29.8 Å². The highest BCUT2D eigenvalue weighted by Crippen LogP contribution is 2.26. The third-order valence-electron chi connectivity index (χ3n) is 5.76. The van der Waals surface area contributed by atoms with Crippen molar-refractivity contribution < 1.29 is 4.79 Å². The molecule has 1 amide bonds. The molecule has 0 spiro atoms. The average molecular weight is 419 g/mol. The lowest BCUT2D eigenvalue weighted by molar-refractivity contribution is -0.121. The highest BCUT2D eigenvalue weighted by Gasteiger charge is 2.26. The summed E-state index contributed by atoms with van der Waals surface area (Å²) in [5.41, 5.74) is 3.40. The van der Waals surface area contributed by atoms with Crippen molar-refractivity contribution in [1.29, 1.82) is 0 Å². The second-order valence-electron chi connectivity index (χ2n) is 8.27. The number of aromatic nitrogens is 4. The van der Waals surface area contributed by atoms with E-state index in [1.807, 2.05) is 23.8 Å². The maximum absolute atomic E-state index is 12.7. The minimum absolute atomic E-state index is 0.102. The number of hydrogen-bond acceptors (Lipinski definition) is 5. The lowest BCUT2D eigenvalue weighted by Gasteiger charge is -2.36. The lowest BCUT2D eigenvalue weighted by atomic mass is 9.99. The maximum atomic E-state index is 12.7. The summed E-state index contributed by atoms with van der Waals surface area (Å²) < 4.78 is 1.81. The smallest absolute Gasteiger partial charge is 0.237 e. The van der Waals surface area contributed by atoms with Gasteiger partial charge in [-0.2, -0.15) is 4.98 Å². The molecule has 1 aliphatic heterocycles. The van der Waals surface area contributed by atoms with Gasteiger partial charge < -0.3 is 10.2 Å². The Morgan fingerprint density at radius 1 is 1.16 bits per heavy atom. The van der Waals surface area contributed by atoms with Gasteiger partial charge in [-0.15, -0.1) is 0 Å². The van der Waals surface area contributed by atoms with Gasteiger partial charge in [0.1, 0.15) is 12.1 Å². The van der Waals surface area contributed by atoms with Crippen LogP contribution in [0.25, 0.3) is 5.95 Å². The fraction of sp³-hybridized carbons (Fsp3) is 0.417. The third-order valence-corrected chi connectivity index (χ3v) is 5.76. The number of rotatable bonds is 7. The first-order valence-corrected chi connectivity index (χ1v) is 11.0. The number of piperidine rings is 1. The van der Waals surface area contributed by atoms with Crippen LogP contribution in [0.1, 0.15) is 42.5 Å². The molecule has 1 saturated heterocycles. The molecule has 3 aromatic rings. The molecule has 4 rings (SSSR count). The van der Waals surface area contributed by atoms with E-state index in [-0.39, 0.29) is 11.9 Å². The number of imidazole rings is 1. The van der Waals surface area contributed by atoms with Crippen molar-refractivity contribution in [2.24, 2.45) is 0 Å². The van der Waals surface area contributed by atoms with E-state index in [1.165, 1.54) is 11.1 Å². The molecule has 7 heteroatoms. The van der Waals surface area contributed by atoms with Crippen LogP contribution < -0.4 is 10.2 Å². The van der Waals surface area contributed by atoms with Gasteiger partial charge in [0.15, 0.2) is 0 Å². The quantitative estimate of drug-likeness (QED) is 0.637. The molecular formula is C24H30N6O. The standard InChI is InChI=1S/C24H30N6O/c1-18-6-8-20(9-7-18)10-11-26-23(31)16-21-5-3-4-13-30(21)22-15-19(2)27-24(28-22)29-14-12-25-17-29/h6-9,12,14-15,17,21H,3-5,10-11,13,16H2,1-2H3,(H,26,31). The Kier molecular flexibility index (Phi) is 6.60. The molecule has 1 N–H and O–H groups in total. The Morgan fingerprint density at radius 2 is 2.00 bits per heavy atom. The van der Waals surface area contributed by atoms with Crippen LogP contribution in [0.5, 0.6) is 0 Å². The molecular weight excluding hydrogens is 388 g/mol. The average Bonchev–Trinajstić information content (AvgIpc) is 3.30. The van der Waals surface area contributed by atoms with Gasteiger partial charge in [0.25, 0.3) is 0 Å². The van der Waals surface area contributed by atoms with E-state index in [2.05, 4.69) is 51.4 Å². The van der Waals surface area contributed by atoms with Crippen molar-refractivity contribution in [1.82, 2.24) is 24.8 Å². The van der Waals surface area contributed by atoms with E-state index < -0.39 is 0 Å². The third kappa shape index (κ3) is 5.48. The summed E-state index contributed by atoms with van der Waals surface area (Å²) in [6, 6.07) is 10.6. The summed E-state index contributed by atoms with van der Waals surface area (Å²) in [5, 5.41) is 3.10. The van der Waals surface area contributed by atoms with Crippen LogP contribution in [0.3, 0.4) is 0 Å². The van der Waals surface area contributed by atoms with E-state index in [0.717, 1.165) is 43.7 Å². The molecule has 0 radical (unpaired) electrons. The molecule has 1 atom stereocenters. The molecule has 162 valence electrons. The Labute approximate surface area is 183 Å². The van der Waals surface area contributed by atoms with Crippen molar-refractivity contribution in [3.05, 3.63) is 65.9 Å². The van der Waals surface area contributed by atoms with Gasteiger partial charge in [-0.25, -0.2) is 9.97 Å². The van der Waals surface area contributed by atoms with Gasteiger partial charge in [0.05, 0.1) is 0 Å². The number of carbonyl (C=O) groups excluding carboxylic acids is 1. The molecule has 1 aliphatic rings. The van der Waals surface area contributed by atoms with Crippen LogP contribution in [0.15, 0.2) is 49.1 Å². The van der Waals surface area contributed by atoms with Crippen molar-refractivity contribution >= 4 is 11.7 Å². The summed E-state index contributed by atoms with van der Waals surface area (Å²) in [6.45, 7) is 5.62. The predicted molar refractivity (Wildman–Crippen MR) is 121 cm³/mol. The Hall–Kier alpha value is -3.22. The fourth-order valence-electron chi connectivity index (χ4n) is 4.08. The number of carbonyl (C=O) groups is 1. The zero-order valence-electron chi connectivity index (χ0n) is 18.3. The Morgan fingerprint density at radius 3 is 2.77 bits per heavy atom. The molecule has 1 aromatic carbocycles. The Bertz CT molecular complexity index is 999. The number of anilines is 1. The highest BCUT2D eigenvalue weighted by atomic mass is 16.1. The second-order valence-corrected chi connectivity index (χ2v) is 8.27. The van der Waals surface area contributed by atoms with Gasteiger partial charge in [-0.3, -0.25) is 9.36 Å². The lowest BCUT2D eigenvalue weighted by Crippen LogP contribution is -2.43. The van der Waals surface area contributed by atoms with Gasteiger partial charge in [0, 0.05) is 49.7 Å². The number of hydrogen-bond donors (Lipinski definition) is 1. The van der Waals surface area contributed by atoms with E-state index in [4.69, 9.17) is 4.98 Å². The highest BCUT2D eigenvalue weighted by molar-refractivity contribution is 5.77. The topological polar surface area (TPSA) is 75.9 Å². The van der Waals surface area contributed by atoms with E-state index in [0.29, 0.717) is 18.9 Å². The second kappa shape index (κ2) is 9.73. The summed E-state index contributed by atoms with van der Waals surface area (Å²) in [5.74, 6) is 1.59. The van der Waals surface area contributed by atoms with E-state index in [1.54, 1.807) is 12.5 Å². The first-order chi connectivity index (χ1) is 15.1. The molecule has 0 bridgehead atoms. The van der Waals surface area contributed by atoms with Crippen molar-refractivity contribution in [3.8, 4) is 5.95 Å². The molecule has 0 saturated carbocycles. The minimum atomic E-state index is 0.102. The largest absolute Gasteiger partial charge is 0.356 e. The monoisotopic (exact) mass is 418 g/mol. The maximum Gasteiger partial charge on any atom is 0.237 e. The van der Waals surface area contributed by atoms with E-state index >= 15 is 0 Å². The molecule has 7 nitrogen and oxygen atoms in total. The first kappa shape index (κ1) is 21.0. The van der Waals surface area contributed by atoms with Crippen LogP contribution in [0.2, 0.25) is 0 Å². The zero-order valence-corrected chi connectivity index (χ0v) is 18.3. The minimum Gasteiger partial charge on any atom is -0.356 e. The summed E-state index contributed by atoms with van der Waals surface area (Å²) in [4.78, 5) is 28.4. The number of aryl methyl sites for hydroxylation is 2. The van der Waals surface area contributed by atoms with Crippen molar-refractivity contribution in [3.63, 3.8) is 0 Å². The number of amides is 1. The fourth-order valence-corrected chi connectivity index (χ4v) is 4.08. The van der Waals surface area contributed by atoms with Crippen molar-refractivity contribution in [2.75, 3.05) is 18.0 Å². The van der Waals surface area contributed by atoms with Crippen LogP contribution in [-0.4, -0.2) is 44.6 Å². The number of nitrogens with one attached hydrogen (secondary N) is 1. The molecule has 2 aromatic heterocycles. The van der Waals surface area contributed by atoms with Gasteiger partial charge in [-0.05, 0) is 45.1 Å². The summed E-state index contributed by atoms with van der Waals surface area (Å²) >= 11 is 0. The molecule has 1 fully saturated rings. The molecule has 1 unspecified atom stereocenters. The molecule has 3 heterocycles. The summed E-state index contributed by atoms with van der Waals surface area (Å²) in [6.07, 6.45) is 9.83. The summed E-state index contributed by atoms with van der Waals surface area (Å²) in [7, 11) is 0. The number of nitrogens with zero attached hydrogens (tertiary/aromatic N) is 5. The molecule has 0 aliphatic carbocycles. The van der Waals surface area contributed by atoms with Crippen LogP contribution >= 0.6 is 0 Å². The van der Waals surface area contributed by atoms with Crippen LogP contribution in [-0.2, 0) is 11.2 Å². The van der Waals surface area contributed by atoms with Crippen LogP contribution in [0, 0.1) is 13.8 Å². The van der Waals surface area contributed by atoms with Crippen LogP contribution in [0.4, 0.5) is 5.82 Å². The van der Waals surface area contributed by atoms with E-state index in [9.17, 15) is 4.79 Å². The number of benzene rings is 1. The first-order valence-electron chi connectivity index (χ1n) is 11.0.